The standard InChI is InChI=1S/C25H33NO6/c1-7-29-20-14-17(15-21(30-8-2)23(20)31-9-3)24(28)32-16-22(27)26-19-12-10-18(11-13-19)25(4,5)6/h10-15H,7-9,16H2,1-6H3,(H,26,27). The fourth-order valence-electron chi connectivity index (χ4n) is 2.97. The number of esters is 1. The van der Waals surface area contributed by atoms with Crippen LogP contribution in [0.2, 0.25) is 0 Å². The Labute approximate surface area is 190 Å². The van der Waals surface area contributed by atoms with Gasteiger partial charge in [0.1, 0.15) is 0 Å². The molecule has 1 amide bonds. The molecule has 0 aliphatic heterocycles. The molecular formula is C25H33NO6. The van der Waals surface area contributed by atoms with Crippen LogP contribution in [0.3, 0.4) is 0 Å². The van der Waals surface area contributed by atoms with Crippen molar-refractivity contribution in [2.75, 3.05) is 31.7 Å². The van der Waals surface area contributed by atoms with Crippen LogP contribution in [-0.2, 0) is 14.9 Å². The number of anilines is 1. The highest BCUT2D eigenvalue weighted by Crippen LogP contribution is 2.39. The largest absolute Gasteiger partial charge is 0.490 e. The van der Waals surface area contributed by atoms with Crippen LogP contribution < -0.4 is 19.5 Å². The van der Waals surface area contributed by atoms with Crippen molar-refractivity contribution in [3.05, 3.63) is 47.5 Å². The predicted octanol–water partition coefficient (Wildman–Crippen LogP) is 4.98. The van der Waals surface area contributed by atoms with Crippen molar-refractivity contribution in [2.45, 2.75) is 47.0 Å². The molecule has 0 aliphatic rings. The minimum atomic E-state index is -0.659. The second kappa shape index (κ2) is 11.4. The lowest BCUT2D eigenvalue weighted by Gasteiger charge is -2.19. The van der Waals surface area contributed by atoms with Crippen LogP contribution in [0, 0.1) is 0 Å². The van der Waals surface area contributed by atoms with Crippen molar-refractivity contribution in [3.63, 3.8) is 0 Å². The van der Waals surface area contributed by atoms with Crippen molar-refractivity contribution >= 4 is 17.6 Å². The van der Waals surface area contributed by atoms with Crippen molar-refractivity contribution in [1.82, 2.24) is 0 Å². The van der Waals surface area contributed by atoms with Gasteiger partial charge in [-0.05, 0) is 56.0 Å². The first-order valence-corrected chi connectivity index (χ1v) is 10.8. The summed E-state index contributed by atoms with van der Waals surface area (Å²) in [6.07, 6.45) is 0. The Kier molecular flexibility index (Phi) is 8.93. The highest BCUT2D eigenvalue weighted by Gasteiger charge is 2.20. The topological polar surface area (TPSA) is 83.1 Å². The molecule has 2 aromatic carbocycles. The molecule has 0 aliphatic carbocycles. The van der Waals surface area contributed by atoms with E-state index in [1.807, 2.05) is 45.0 Å². The van der Waals surface area contributed by atoms with Gasteiger partial charge in [-0.2, -0.15) is 0 Å². The van der Waals surface area contributed by atoms with Gasteiger partial charge in [0.15, 0.2) is 18.1 Å². The van der Waals surface area contributed by atoms with Crippen LogP contribution in [0.15, 0.2) is 36.4 Å². The zero-order valence-electron chi connectivity index (χ0n) is 19.7. The maximum atomic E-state index is 12.6. The predicted molar refractivity (Wildman–Crippen MR) is 124 cm³/mol. The summed E-state index contributed by atoms with van der Waals surface area (Å²) in [5.41, 5.74) is 2.03. The summed E-state index contributed by atoms with van der Waals surface area (Å²) in [6.45, 7) is 12.7. The van der Waals surface area contributed by atoms with Gasteiger partial charge in [0, 0.05) is 5.69 Å². The van der Waals surface area contributed by atoms with Crippen molar-refractivity contribution in [1.29, 1.82) is 0 Å². The van der Waals surface area contributed by atoms with Crippen molar-refractivity contribution in [2.24, 2.45) is 0 Å². The number of carbonyl (C=O) groups is 2. The SMILES string of the molecule is CCOc1cc(C(=O)OCC(=O)Nc2ccc(C(C)(C)C)cc2)cc(OCC)c1OCC. The monoisotopic (exact) mass is 443 g/mol. The van der Waals surface area contributed by atoms with E-state index in [-0.39, 0.29) is 11.0 Å². The molecule has 2 aromatic rings. The van der Waals surface area contributed by atoms with Crippen molar-refractivity contribution in [3.8, 4) is 17.2 Å². The molecular weight excluding hydrogens is 410 g/mol. The lowest BCUT2D eigenvalue weighted by atomic mass is 9.87. The third-order valence-electron chi connectivity index (χ3n) is 4.51. The van der Waals surface area contributed by atoms with Gasteiger partial charge in [-0.3, -0.25) is 4.79 Å². The lowest BCUT2D eigenvalue weighted by Crippen LogP contribution is -2.21. The molecule has 0 bridgehead atoms. The fourth-order valence-corrected chi connectivity index (χ4v) is 2.97. The smallest absolute Gasteiger partial charge is 0.338 e. The maximum absolute atomic E-state index is 12.6. The zero-order valence-corrected chi connectivity index (χ0v) is 19.7. The molecule has 7 nitrogen and oxygen atoms in total. The second-order valence-corrected chi connectivity index (χ2v) is 8.05. The number of nitrogens with one attached hydrogen (secondary N) is 1. The number of ether oxygens (including phenoxy) is 4. The Balaban J connectivity index is 2.07. The molecule has 0 unspecified atom stereocenters. The Morgan fingerprint density at radius 3 is 1.84 bits per heavy atom. The number of hydrogen-bond donors (Lipinski definition) is 1. The first-order chi connectivity index (χ1) is 15.2. The van der Waals surface area contributed by atoms with Gasteiger partial charge < -0.3 is 24.3 Å². The summed E-state index contributed by atoms with van der Waals surface area (Å²) in [4.78, 5) is 24.8. The molecule has 0 heterocycles. The number of hydrogen-bond acceptors (Lipinski definition) is 6. The van der Waals surface area contributed by atoms with Gasteiger partial charge in [0.05, 0.1) is 25.4 Å². The zero-order chi connectivity index (χ0) is 23.7. The van der Waals surface area contributed by atoms with E-state index in [2.05, 4.69) is 26.1 Å². The number of benzene rings is 2. The van der Waals surface area contributed by atoms with Crippen LogP contribution in [0.4, 0.5) is 5.69 Å². The average Bonchev–Trinajstić information content (AvgIpc) is 2.74. The van der Waals surface area contributed by atoms with Gasteiger partial charge in [0.2, 0.25) is 5.75 Å². The lowest BCUT2D eigenvalue weighted by molar-refractivity contribution is -0.119. The third-order valence-corrected chi connectivity index (χ3v) is 4.51. The molecule has 32 heavy (non-hydrogen) atoms. The maximum Gasteiger partial charge on any atom is 0.338 e. The minimum Gasteiger partial charge on any atom is -0.490 e. The number of rotatable bonds is 10. The molecule has 0 aromatic heterocycles. The average molecular weight is 444 g/mol. The number of carbonyl (C=O) groups excluding carboxylic acids is 2. The highest BCUT2D eigenvalue weighted by molar-refractivity contribution is 5.96. The third kappa shape index (κ3) is 6.90. The van der Waals surface area contributed by atoms with Gasteiger partial charge in [-0.15, -0.1) is 0 Å². The van der Waals surface area contributed by atoms with Gasteiger partial charge in [0.25, 0.3) is 5.91 Å². The van der Waals surface area contributed by atoms with Crippen LogP contribution in [0.25, 0.3) is 0 Å². The van der Waals surface area contributed by atoms with Gasteiger partial charge >= 0.3 is 5.97 Å². The summed E-state index contributed by atoms with van der Waals surface area (Å²) >= 11 is 0. The van der Waals surface area contributed by atoms with E-state index in [4.69, 9.17) is 18.9 Å². The van der Waals surface area contributed by atoms with E-state index in [0.29, 0.717) is 42.8 Å². The normalized spacial score (nSPS) is 10.9. The van der Waals surface area contributed by atoms with Crippen molar-refractivity contribution < 1.29 is 28.5 Å². The molecule has 7 heteroatoms. The van der Waals surface area contributed by atoms with E-state index in [1.54, 1.807) is 0 Å². The first kappa shape index (κ1) is 25.0. The Morgan fingerprint density at radius 1 is 0.844 bits per heavy atom. The fraction of sp³-hybridized carbons (Fsp3) is 0.440. The van der Waals surface area contributed by atoms with E-state index in [1.165, 1.54) is 12.1 Å². The van der Waals surface area contributed by atoms with E-state index in [0.717, 1.165) is 5.56 Å². The quantitative estimate of drug-likeness (QED) is 0.522. The van der Waals surface area contributed by atoms with Crippen LogP contribution in [-0.4, -0.2) is 38.3 Å². The summed E-state index contributed by atoms with van der Waals surface area (Å²) in [6, 6.07) is 10.6. The van der Waals surface area contributed by atoms with E-state index in [9.17, 15) is 9.59 Å². The van der Waals surface area contributed by atoms with E-state index >= 15 is 0 Å². The van der Waals surface area contributed by atoms with Crippen LogP contribution >= 0.6 is 0 Å². The number of amides is 1. The summed E-state index contributed by atoms with van der Waals surface area (Å²) in [5.74, 6) is 0.117. The molecule has 0 radical (unpaired) electrons. The molecule has 0 atom stereocenters. The molecule has 0 saturated carbocycles. The Morgan fingerprint density at radius 2 is 1.38 bits per heavy atom. The van der Waals surface area contributed by atoms with Gasteiger partial charge in [-0.1, -0.05) is 32.9 Å². The molecule has 0 saturated heterocycles. The second-order valence-electron chi connectivity index (χ2n) is 8.05. The molecule has 174 valence electrons. The molecule has 0 fully saturated rings. The Hall–Kier alpha value is -3.22. The van der Waals surface area contributed by atoms with Gasteiger partial charge in [-0.25, -0.2) is 4.79 Å². The first-order valence-electron chi connectivity index (χ1n) is 10.8. The molecule has 0 spiro atoms. The summed E-state index contributed by atoms with van der Waals surface area (Å²) < 4.78 is 22.1. The summed E-state index contributed by atoms with van der Waals surface area (Å²) in [7, 11) is 0. The molecule has 1 N–H and O–H groups in total. The Bertz CT molecular complexity index is 888. The molecule has 2 rings (SSSR count). The minimum absolute atomic E-state index is 0.0243. The van der Waals surface area contributed by atoms with E-state index < -0.39 is 18.5 Å². The highest BCUT2D eigenvalue weighted by atomic mass is 16.5. The van der Waals surface area contributed by atoms with Crippen LogP contribution in [0.1, 0.15) is 57.5 Å². The summed E-state index contributed by atoms with van der Waals surface area (Å²) in [5, 5.41) is 2.73. The van der Waals surface area contributed by atoms with Crippen LogP contribution in [0.5, 0.6) is 17.2 Å².